The average molecular weight is 846 g/mol. The second kappa shape index (κ2) is 21.7. The van der Waals surface area contributed by atoms with Crippen molar-refractivity contribution in [2.75, 3.05) is 26.2 Å². The number of hydrogen-bond acceptors (Lipinski definition) is 13. The van der Waals surface area contributed by atoms with Gasteiger partial charge >= 0.3 is 11.9 Å². The van der Waals surface area contributed by atoms with Crippen molar-refractivity contribution in [3.63, 3.8) is 0 Å². The average Bonchev–Trinajstić information content (AvgIpc) is 3.94. The van der Waals surface area contributed by atoms with E-state index in [2.05, 4.69) is 0 Å². The van der Waals surface area contributed by atoms with Crippen molar-refractivity contribution >= 4 is 64.3 Å². The van der Waals surface area contributed by atoms with E-state index in [1.807, 2.05) is 0 Å². The van der Waals surface area contributed by atoms with Crippen molar-refractivity contribution in [3.8, 4) is 0 Å². The molecule has 0 bridgehead atoms. The molecule has 0 saturated carbocycles. The largest absolute Gasteiger partial charge is 0.459 e. The summed E-state index contributed by atoms with van der Waals surface area (Å²) in [5.74, 6) is -9.05. The molecule has 15 nitrogen and oxygen atoms in total. The first-order chi connectivity index (χ1) is 27.7. The van der Waals surface area contributed by atoms with Crippen LogP contribution in [0.1, 0.15) is 75.3 Å². The van der Waals surface area contributed by atoms with Crippen LogP contribution in [0.4, 0.5) is 0 Å². The van der Waals surface area contributed by atoms with Crippen LogP contribution in [0.2, 0.25) is 0 Å². The molecule has 2 fully saturated rings. The lowest BCUT2D eigenvalue weighted by Crippen LogP contribution is -2.67. The Hall–Kier alpha value is -4.25. The zero-order valence-electron chi connectivity index (χ0n) is 32.5. The van der Waals surface area contributed by atoms with E-state index < -0.39 is 88.2 Å². The number of ether oxygens (including phenoxy) is 2. The van der Waals surface area contributed by atoms with Crippen LogP contribution in [0.5, 0.6) is 0 Å². The minimum Gasteiger partial charge on any atom is -0.459 e. The van der Waals surface area contributed by atoms with Crippen molar-refractivity contribution in [1.29, 1.82) is 0 Å². The highest BCUT2D eigenvalue weighted by molar-refractivity contribution is 6.69. The van der Waals surface area contributed by atoms with E-state index in [4.69, 9.17) is 55.6 Å². The van der Waals surface area contributed by atoms with E-state index in [1.165, 1.54) is 0 Å². The number of Topliss-reactive ketones (excluding diaryl/α,β-unsaturated/α-hetero) is 3. The van der Waals surface area contributed by atoms with Crippen LogP contribution >= 0.6 is 23.2 Å². The van der Waals surface area contributed by atoms with Crippen LogP contribution in [0, 0.1) is 0 Å². The Morgan fingerprint density at radius 3 is 1.33 bits per heavy atom. The highest BCUT2D eigenvalue weighted by Crippen LogP contribution is 2.39. The third kappa shape index (κ3) is 10.7. The smallest absolute Gasteiger partial charge is 0.343 e. The lowest BCUT2D eigenvalue weighted by Gasteiger charge is -2.36. The molecule has 2 aliphatic rings. The molecule has 2 aliphatic heterocycles. The second-order valence-corrected chi connectivity index (χ2v) is 15.8. The summed E-state index contributed by atoms with van der Waals surface area (Å²) in [6.45, 7) is -0.0988. The molecule has 2 unspecified atom stereocenters. The zero-order valence-corrected chi connectivity index (χ0v) is 34.0. The van der Waals surface area contributed by atoms with Gasteiger partial charge in [0.05, 0.1) is 24.2 Å². The number of nitrogens with two attached hydrogens (primary N) is 4. The van der Waals surface area contributed by atoms with Crippen molar-refractivity contribution in [2.45, 2.75) is 111 Å². The molecular weight excluding hydrogens is 791 g/mol. The minimum atomic E-state index is -3.47. The van der Waals surface area contributed by atoms with Gasteiger partial charge in [0.25, 0.3) is 9.75 Å². The number of rotatable bonds is 22. The van der Waals surface area contributed by atoms with Gasteiger partial charge in [0.2, 0.25) is 17.6 Å². The van der Waals surface area contributed by atoms with Crippen molar-refractivity contribution < 1.29 is 43.0 Å². The molecule has 2 aromatic carbocycles. The Morgan fingerprint density at radius 1 is 0.621 bits per heavy atom. The number of alkyl halides is 2. The van der Waals surface area contributed by atoms with Crippen LogP contribution in [-0.4, -0.2) is 111 Å². The summed E-state index contributed by atoms with van der Waals surface area (Å²) in [5, 5.41) is 0. The van der Waals surface area contributed by atoms with E-state index >= 15 is 4.79 Å². The fourth-order valence-electron chi connectivity index (χ4n) is 7.25. The van der Waals surface area contributed by atoms with E-state index in [-0.39, 0.29) is 51.6 Å². The van der Waals surface area contributed by atoms with Gasteiger partial charge in [-0.05, 0) is 75.6 Å². The number of likely N-dealkylation sites (tertiary alicyclic amines) is 2. The van der Waals surface area contributed by atoms with Crippen molar-refractivity contribution in [2.24, 2.45) is 22.9 Å². The fourth-order valence-corrected chi connectivity index (χ4v) is 7.94. The highest BCUT2D eigenvalue weighted by atomic mass is 35.5. The molecule has 6 atom stereocenters. The third-order valence-corrected chi connectivity index (χ3v) is 11.6. The molecule has 58 heavy (non-hydrogen) atoms. The summed E-state index contributed by atoms with van der Waals surface area (Å²) >= 11 is 14.0. The molecule has 316 valence electrons. The van der Waals surface area contributed by atoms with Gasteiger partial charge in [0.1, 0.15) is 13.2 Å². The number of unbranched alkanes of at least 4 members (excludes halogenated alkanes) is 2. The number of benzene rings is 2. The number of nitrogens with zero attached hydrogens (tertiary/aromatic N) is 2. The quantitative estimate of drug-likeness (QED) is 0.0574. The molecule has 4 rings (SSSR count). The number of esters is 2. The summed E-state index contributed by atoms with van der Waals surface area (Å²) in [6.07, 6.45) is 3.22. The normalized spacial score (nSPS) is 19.7. The van der Waals surface area contributed by atoms with Gasteiger partial charge in [0.15, 0.2) is 11.6 Å². The number of carbonyl (C=O) groups excluding carboxylic acids is 7. The van der Waals surface area contributed by atoms with Gasteiger partial charge in [0, 0.05) is 13.1 Å². The topological polar surface area (TPSA) is 249 Å². The van der Waals surface area contributed by atoms with E-state index in [1.54, 1.807) is 60.7 Å². The lowest BCUT2D eigenvalue weighted by atomic mass is 9.80. The van der Waals surface area contributed by atoms with Crippen LogP contribution in [0.25, 0.3) is 0 Å². The van der Waals surface area contributed by atoms with Gasteiger partial charge in [-0.25, -0.2) is 9.59 Å². The van der Waals surface area contributed by atoms with Gasteiger partial charge in [-0.3, -0.25) is 24.0 Å². The molecule has 0 radical (unpaired) electrons. The van der Waals surface area contributed by atoms with Gasteiger partial charge < -0.3 is 42.2 Å². The minimum absolute atomic E-state index is 0.0365. The lowest BCUT2D eigenvalue weighted by molar-refractivity contribution is -0.161. The SMILES string of the molecule is NCCCC[C@H](N)C(=O)N1CCC[C@H]1C(=O)C(Cl)(C(=O)OCc1ccccc1)C(=O)C(Cl)(C(=O)OCc1ccccc1)C(=O)[C@@H]1CCCN1C(=O)[C@@H](N)CCCCN. The molecule has 2 heterocycles. The number of amides is 2. The van der Waals surface area contributed by atoms with Gasteiger partial charge in [-0.15, -0.1) is 0 Å². The molecular formula is C41H54Cl2N6O9. The van der Waals surface area contributed by atoms with Crippen molar-refractivity contribution in [3.05, 3.63) is 71.8 Å². The maximum Gasteiger partial charge on any atom is 0.343 e. The van der Waals surface area contributed by atoms with E-state index in [0.717, 1.165) is 9.80 Å². The second-order valence-electron chi connectivity index (χ2n) is 14.7. The first kappa shape index (κ1) is 46.4. The molecule has 2 saturated heterocycles. The highest BCUT2D eigenvalue weighted by Gasteiger charge is 2.68. The predicted molar refractivity (Wildman–Crippen MR) is 216 cm³/mol. The maximum absolute atomic E-state index is 15.2. The van der Waals surface area contributed by atoms with E-state index in [9.17, 15) is 28.8 Å². The Morgan fingerprint density at radius 2 is 0.983 bits per heavy atom. The summed E-state index contributed by atoms with van der Waals surface area (Å²) in [5.41, 5.74) is 24.5. The molecule has 2 amide bonds. The number of carbonyl (C=O) groups is 7. The number of hydrogen-bond donors (Lipinski definition) is 4. The molecule has 0 aliphatic carbocycles. The first-order valence-electron chi connectivity index (χ1n) is 19.7. The Labute approximate surface area is 348 Å². The Bertz CT molecular complexity index is 1650. The predicted octanol–water partition coefficient (Wildman–Crippen LogP) is 2.03. The number of halogens is 2. The fraction of sp³-hybridized carbons (Fsp3) is 0.537. The standard InChI is InChI=1S/C41H54Cl2N6O9/c42-40(38(55)57-25-27-13-3-1-4-14-27,33(50)31-19-11-23-48(31)35(52)29(46)17-7-9-21-44)37(54)41(43,39(56)58-26-28-15-5-2-6-16-28)34(51)32-20-12-24-49(32)36(53)30(47)18-8-10-22-45/h1-6,13-16,29-32H,7-12,17-26,44-47H2/t29-,30-,31-,32-,40?,41?/m0/s1. The Kier molecular flexibility index (Phi) is 17.3. The maximum atomic E-state index is 15.2. The summed E-state index contributed by atoms with van der Waals surface area (Å²) in [7, 11) is 0. The Balaban J connectivity index is 1.79. The van der Waals surface area contributed by atoms with Gasteiger partial charge in [-0.2, -0.15) is 0 Å². The molecule has 0 aromatic heterocycles. The zero-order chi connectivity index (χ0) is 42.5. The summed E-state index contributed by atoms with van der Waals surface area (Å²) < 4.78 is 11.0. The van der Waals surface area contributed by atoms with E-state index in [0.29, 0.717) is 49.9 Å². The molecule has 8 N–H and O–H groups in total. The molecule has 0 spiro atoms. The third-order valence-electron chi connectivity index (χ3n) is 10.5. The van der Waals surface area contributed by atoms with Crippen LogP contribution in [-0.2, 0) is 56.2 Å². The summed E-state index contributed by atoms with van der Waals surface area (Å²) in [6, 6.07) is 11.5. The first-order valence-corrected chi connectivity index (χ1v) is 20.4. The summed E-state index contributed by atoms with van der Waals surface area (Å²) in [4.78, 5) is 96.0. The van der Waals surface area contributed by atoms with Crippen LogP contribution < -0.4 is 22.9 Å². The van der Waals surface area contributed by atoms with Crippen molar-refractivity contribution in [1.82, 2.24) is 9.80 Å². The number of ketones is 3. The molecule has 17 heteroatoms. The monoisotopic (exact) mass is 844 g/mol. The van der Waals surface area contributed by atoms with Gasteiger partial charge in [-0.1, -0.05) is 96.7 Å². The van der Waals surface area contributed by atoms with Crippen LogP contribution in [0.3, 0.4) is 0 Å². The van der Waals surface area contributed by atoms with Crippen LogP contribution in [0.15, 0.2) is 60.7 Å². The molecule has 2 aromatic rings.